The van der Waals surface area contributed by atoms with Crippen molar-refractivity contribution >= 4 is 45.6 Å². The first-order valence-corrected chi connectivity index (χ1v) is 15.3. The zero-order valence-corrected chi connectivity index (χ0v) is 25.2. The maximum Gasteiger partial charge on any atom is 6.00 e. The zero-order chi connectivity index (χ0) is 25.7. The third-order valence-corrected chi connectivity index (χ3v) is 10.2. The number of aliphatic hydroxyl groups excluding tert-OH is 3. The first-order chi connectivity index (χ1) is 12.5. The van der Waals surface area contributed by atoms with E-state index in [1.165, 1.54) is 0 Å². The van der Waals surface area contributed by atoms with Crippen LogP contribution in [0.4, 0.5) is 0 Å². The summed E-state index contributed by atoms with van der Waals surface area (Å²) in [6.07, 6.45) is 0. The second kappa shape index (κ2) is 15.4. The van der Waals surface area contributed by atoms with Gasteiger partial charge in [0.1, 0.15) is 16.8 Å². The number of hydrogen-bond donors (Lipinski definition) is 3. The molecule has 0 saturated carbocycles. The summed E-state index contributed by atoms with van der Waals surface area (Å²) < 4.78 is 57.8. The van der Waals surface area contributed by atoms with E-state index in [2.05, 4.69) is 0 Å². The molecule has 29 heteroatoms. The van der Waals surface area contributed by atoms with Gasteiger partial charge in [0.25, 0.3) is 0 Å². The SMILES string of the molecule is O=P([O-])([O-])C(O)P(=O)([O-])[O-].O=P([O-])([O-])C(O)P(=O)([O-])[O-].O=P([O-])([O-])C(O)P(=O)([O-])[O-].[W+6].[W+6]. The smallest absolute Gasteiger partial charge is 0.809 e. The maximum absolute atomic E-state index is 9.63. The number of rotatable bonds is 6. The molecule has 0 fully saturated rings. The molecule has 0 rings (SSSR count). The molecule has 0 aromatic heterocycles. The molecule has 0 atom stereocenters. The van der Waals surface area contributed by atoms with Gasteiger partial charge in [0, 0.05) is 0 Å². The molecule has 0 aliphatic rings. The standard InChI is InChI=1S/3CH6O7P2.2W/c3*2-1(9(3,4)5)10(6,7)8;;/h3*1-2H,(H2,3,4,5)(H2,6,7,8);;/q;;;2*+6/p-12. The Balaban J connectivity index is -0.000000110. The van der Waals surface area contributed by atoms with Crippen molar-refractivity contribution in [2.24, 2.45) is 0 Å². The van der Waals surface area contributed by atoms with E-state index in [0.717, 1.165) is 0 Å². The minimum atomic E-state index is -5.71. The second-order valence-corrected chi connectivity index (χ2v) is 14.9. The van der Waals surface area contributed by atoms with Crippen LogP contribution in [0.25, 0.3) is 0 Å². The predicted molar refractivity (Wildman–Crippen MR) is 63.7 cm³/mol. The van der Waals surface area contributed by atoms with E-state index in [9.17, 15) is 86.1 Å². The van der Waals surface area contributed by atoms with Crippen molar-refractivity contribution in [3.63, 3.8) is 0 Å². The maximum atomic E-state index is 9.63. The van der Waals surface area contributed by atoms with Crippen LogP contribution >= 0.6 is 45.6 Å². The summed E-state index contributed by atoms with van der Waals surface area (Å²) in [5, 5.41) is 23.8. The minimum Gasteiger partial charge on any atom is -0.809 e. The van der Waals surface area contributed by atoms with E-state index >= 15 is 0 Å². The molecule has 0 aromatic rings. The summed E-state index contributed by atoms with van der Waals surface area (Å²) in [5.74, 6) is 0. The largest absolute Gasteiger partial charge is 6.00 e. The Bertz CT molecular complexity index is 641. The summed E-state index contributed by atoms with van der Waals surface area (Å²) in [7, 11) is -34.3. The van der Waals surface area contributed by atoms with Crippen molar-refractivity contribution in [2.45, 2.75) is 16.8 Å². The third kappa shape index (κ3) is 21.4. The summed E-state index contributed by atoms with van der Waals surface area (Å²) in [6, 6.07) is 0. The van der Waals surface area contributed by atoms with Crippen LogP contribution in [0.3, 0.4) is 0 Å². The molecule has 21 nitrogen and oxygen atoms in total. The second-order valence-electron chi connectivity index (χ2n) is 4.28. The predicted octanol–water partition coefficient (Wildman–Crippen LogP) is -11.7. The van der Waals surface area contributed by atoms with Gasteiger partial charge in [-0.05, 0) is 45.6 Å². The Morgan fingerprint density at radius 1 is 0.344 bits per heavy atom. The average Bonchev–Trinajstić information content (AvgIpc) is 2.40. The molecule has 32 heavy (non-hydrogen) atoms. The van der Waals surface area contributed by atoms with Crippen LogP contribution in [-0.2, 0) is 69.5 Å². The van der Waals surface area contributed by atoms with Crippen LogP contribution < -0.4 is 58.7 Å². The monoisotopic (exact) mass is 932 g/mol. The van der Waals surface area contributed by atoms with E-state index in [1.807, 2.05) is 0 Å². The Morgan fingerprint density at radius 2 is 0.406 bits per heavy atom. The number of hydrogen-bond acceptors (Lipinski definition) is 21. The molecule has 0 amide bonds. The minimum absolute atomic E-state index is 0. The van der Waals surface area contributed by atoms with E-state index < -0.39 is 62.3 Å². The van der Waals surface area contributed by atoms with Crippen LogP contribution in [0.15, 0.2) is 0 Å². The van der Waals surface area contributed by atoms with Crippen LogP contribution in [0.5, 0.6) is 0 Å². The summed E-state index contributed by atoms with van der Waals surface area (Å²) in [6.45, 7) is 0. The van der Waals surface area contributed by atoms with Gasteiger partial charge in [-0.2, -0.15) is 0 Å². The normalized spacial score (nSPS) is 13.3. The van der Waals surface area contributed by atoms with Gasteiger partial charge in [-0.15, -0.1) is 0 Å². The Morgan fingerprint density at radius 3 is 0.406 bits per heavy atom. The van der Waals surface area contributed by atoms with Gasteiger partial charge >= 0.3 is 42.1 Å². The summed E-state index contributed by atoms with van der Waals surface area (Å²) in [4.78, 5) is 116. The molecule has 0 spiro atoms. The van der Waals surface area contributed by atoms with E-state index in [0.29, 0.717) is 0 Å². The molecule has 0 aliphatic carbocycles. The fraction of sp³-hybridized carbons (Fsp3) is 1.00. The van der Waals surface area contributed by atoms with Gasteiger partial charge < -0.3 is 101 Å². The van der Waals surface area contributed by atoms with Crippen molar-refractivity contribution in [2.75, 3.05) is 0 Å². The van der Waals surface area contributed by atoms with Crippen LogP contribution in [0.2, 0.25) is 0 Å². The Kier molecular flexibility index (Phi) is 21.3. The van der Waals surface area contributed by atoms with Gasteiger partial charge in [0.05, 0.1) is 0 Å². The van der Waals surface area contributed by atoms with E-state index in [4.69, 9.17) is 15.3 Å². The first-order valence-electron chi connectivity index (χ1n) is 5.61. The summed E-state index contributed by atoms with van der Waals surface area (Å²) in [5.41, 5.74) is -10.0. The molecule has 3 N–H and O–H groups in total. The van der Waals surface area contributed by atoms with Gasteiger partial charge in [0.15, 0.2) is 0 Å². The summed E-state index contributed by atoms with van der Waals surface area (Å²) >= 11 is 0. The molecule has 0 radical (unpaired) electrons. The Labute approximate surface area is 205 Å². The molecule has 0 saturated heterocycles. The van der Waals surface area contributed by atoms with Gasteiger partial charge in [-0.1, -0.05) is 0 Å². The fourth-order valence-electron chi connectivity index (χ4n) is 0.520. The average molecular weight is 932 g/mol. The molecule has 0 heterocycles. The van der Waals surface area contributed by atoms with Gasteiger partial charge in [-0.25, -0.2) is 0 Å². The molecular weight excluding hydrogens is 926 g/mol. The van der Waals surface area contributed by atoms with Crippen molar-refractivity contribution in [1.82, 2.24) is 0 Å². The third-order valence-electron chi connectivity index (χ3n) is 1.70. The van der Waals surface area contributed by atoms with E-state index in [1.54, 1.807) is 0 Å². The zero-order valence-electron chi connectivity index (χ0n) is 13.9. The molecule has 0 aromatic carbocycles. The van der Waals surface area contributed by atoms with Gasteiger partial charge in [-0.3, -0.25) is 0 Å². The molecule has 186 valence electrons. The van der Waals surface area contributed by atoms with Crippen LogP contribution in [0.1, 0.15) is 0 Å². The van der Waals surface area contributed by atoms with Crippen molar-refractivity contribution in [1.29, 1.82) is 0 Å². The van der Waals surface area contributed by atoms with Crippen molar-refractivity contribution < 1.29 is 144 Å². The number of aliphatic hydroxyl groups is 3. The first kappa shape index (κ1) is 44.2. The molecule has 0 unspecified atom stereocenters. The van der Waals surface area contributed by atoms with Gasteiger partial charge in [0.2, 0.25) is 0 Å². The molecule has 0 aliphatic heterocycles. The topological polar surface area (TPSA) is 440 Å². The quantitative estimate of drug-likeness (QED) is 0.208. The van der Waals surface area contributed by atoms with Crippen molar-refractivity contribution in [3.05, 3.63) is 0 Å². The molecule has 0 bridgehead atoms. The van der Waals surface area contributed by atoms with Crippen molar-refractivity contribution in [3.8, 4) is 0 Å². The van der Waals surface area contributed by atoms with Crippen LogP contribution in [-0.4, -0.2) is 32.1 Å². The Hall–Kier alpha value is 2.16. The van der Waals surface area contributed by atoms with E-state index in [-0.39, 0.29) is 42.1 Å². The van der Waals surface area contributed by atoms with Crippen LogP contribution in [0, 0.1) is 0 Å². The fourth-order valence-corrected chi connectivity index (χ4v) is 4.68. The molecular formula is C3H6O21P6W2.